The van der Waals surface area contributed by atoms with E-state index in [-0.39, 0.29) is 23.1 Å². The third-order valence-corrected chi connectivity index (χ3v) is 6.11. The molecule has 9 heteroatoms. The first-order chi connectivity index (χ1) is 16.4. The molecule has 1 aliphatic rings. The van der Waals surface area contributed by atoms with Gasteiger partial charge in [-0.05, 0) is 35.9 Å². The summed E-state index contributed by atoms with van der Waals surface area (Å²) < 4.78 is 0. The molecule has 0 radical (unpaired) electrons. The predicted octanol–water partition coefficient (Wildman–Crippen LogP) is 4.46. The Hall–Kier alpha value is -3.91. The van der Waals surface area contributed by atoms with Gasteiger partial charge in [-0.2, -0.15) is 0 Å². The molecule has 8 nitrogen and oxygen atoms in total. The van der Waals surface area contributed by atoms with Crippen molar-refractivity contribution in [3.05, 3.63) is 105 Å². The highest BCUT2D eigenvalue weighted by Crippen LogP contribution is 2.28. The lowest BCUT2D eigenvalue weighted by Crippen LogP contribution is -2.50. The van der Waals surface area contributed by atoms with E-state index in [1.165, 1.54) is 12.1 Å². The van der Waals surface area contributed by atoms with Crippen molar-refractivity contribution in [2.45, 2.75) is 6.54 Å². The van der Waals surface area contributed by atoms with Crippen LogP contribution in [0.2, 0.25) is 5.02 Å². The van der Waals surface area contributed by atoms with Crippen LogP contribution in [0.5, 0.6) is 0 Å². The molecule has 3 aromatic carbocycles. The summed E-state index contributed by atoms with van der Waals surface area (Å²) in [7, 11) is 0. The molecular weight excluding hydrogens is 456 g/mol. The van der Waals surface area contributed by atoms with Crippen LogP contribution >= 0.6 is 11.6 Å². The summed E-state index contributed by atoms with van der Waals surface area (Å²) in [6.45, 7) is 1.83. The van der Waals surface area contributed by atoms with Crippen molar-refractivity contribution in [1.82, 2.24) is 9.80 Å². The molecule has 1 aliphatic heterocycles. The van der Waals surface area contributed by atoms with Crippen LogP contribution < -0.4 is 5.32 Å². The van der Waals surface area contributed by atoms with E-state index in [4.69, 9.17) is 11.6 Å². The van der Waals surface area contributed by atoms with Crippen LogP contribution in [-0.4, -0.2) is 52.7 Å². The minimum atomic E-state index is -0.512. The van der Waals surface area contributed by atoms with Gasteiger partial charge >= 0.3 is 0 Å². The molecule has 34 heavy (non-hydrogen) atoms. The first kappa shape index (κ1) is 23.3. The fourth-order valence-electron chi connectivity index (χ4n) is 3.86. The maximum absolute atomic E-state index is 13.0. The zero-order valence-corrected chi connectivity index (χ0v) is 19.1. The number of piperazine rings is 1. The molecule has 1 fully saturated rings. The molecule has 1 heterocycles. The van der Waals surface area contributed by atoms with E-state index in [2.05, 4.69) is 5.32 Å². The lowest BCUT2D eigenvalue weighted by Gasteiger charge is -2.34. The van der Waals surface area contributed by atoms with E-state index in [0.717, 1.165) is 5.56 Å². The molecular formula is C25H23ClN4O4. The van der Waals surface area contributed by atoms with Gasteiger partial charge in [0, 0.05) is 54.9 Å². The third kappa shape index (κ3) is 5.18. The summed E-state index contributed by atoms with van der Waals surface area (Å²) >= 11 is 6.16. The number of nitro benzene ring substituents is 1. The summed E-state index contributed by atoms with van der Waals surface area (Å²) in [5, 5.41) is 15.3. The van der Waals surface area contributed by atoms with Gasteiger partial charge in [0.25, 0.3) is 17.5 Å². The Labute approximate surface area is 201 Å². The van der Waals surface area contributed by atoms with E-state index in [0.29, 0.717) is 49.0 Å². The Bertz CT molecular complexity index is 1210. The van der Waals surface area contributed by atoms with Gasteiger partial charge in [0.15, 0.2) is 0 Å². The van der Waals surface area contributed by atoms with Crippen LogP contribution in [0.25, 0.3) is 0 Å². The topological polar surface area (TPSA) is 95.8 Å². The molecule has 0 spiro atoms. The van der Waals surface area contributed by atoms with E-state index >= 15 is 0 Å². The standard InChI is InChI=1S/C25H23ClN4O4/c26-21-9-5-4-8-20(21)17-27-22-11-10-19(16-23(22)30(33)34)25(32)29-14-12-28(13-15-29)24(31)18-6-2-1-3-7-18/h1-11,16,27H,12-15,17H2. The van der Waals surface area contributed by atoms with Crippen molar-refractivity contribution in [2.75, 3.05) is 31.5 Å². The monoisotopic (exact) mass is 478 g/mol. The highest BCUT2D eigenvalue weighted by atomic mass is 35.5. The SMILES string of the molecule is O=C(c1ccccc1)N1CCN(C(=O)c2ccc(NCc3ccccc3Cl)c([N+](=O)[O-])c2)CC1. The molecule has 1 saturated heterocycles. The van der Waals surface area contributed by atoms with Crippen molar-refractivity contribution < 1.29 is 14.5 Å². The first-order valence-corrected chi connectivity index (χ1v) is 11.2. The van der Waals surface area contributed by atoms with Crippen molar-refractivity contribution in [1.29, 1.82) is 0 Å². The van der Waals surface area contributed by atoms with Gasteiger partial charge in [0.05, 0.1) is 4.92 Å². The minimum absolute atomic E-state index is 0.0720. The molecule has 4 rings (SSSR count). The summed E-state index contributed by atoms with van der Waals surface area (Å²) in [5.41, 5.74) is 1.77. The predicted molar refractivity (Wildman–Crippen MR) is 130 cm³/mol. The van der Waals surface area contributed by atoms with Crippen LogP contribution in [0.3, 0.4) is 0 Å². The maximum atomic E-state index is 13.0. The summed E-state index contributed by atoms with van der Waals surface area (Å²) in [4.78, 5) is 40.1. The number of amides is 2. The van der Waals surface area contributed by atoms with Crippen molar-refractivity contribution in [3.8, 4) is 0 Å². The normalized spacial score (nSPS) is 13.4. The largest absolute Gasteiger partial charge is 0.375 e. The number of hydrogen-bond acceptors (Lipinski definition) is 5. The van der Waals surface area contributed by atoms with E-state index in [1.54, 1.807) is 34.1 Å². The zero-order valence-electron chi connectivity index (χ0n) is 18.3. The fraction of sp³-hybridized carbons (Fsp3) is 0.200. The lowest BCUT2D eigenvalue weighted by atomic mass is 10.1. The van der Waals surface area contributed by atoms with Crippen molar-refractivity contribution >= 4 is 34.8 Å². The molecule has 0 unspecified atom stereocenters. The zero-order chi connectivity index (χ0) is 24.1. The second-order valence-corrected chi connectivity index (χ2v) is 8.29. The van der Waals surface area contributed by atoms with Crippen LogP contribution in [0.1, 0.15) is 26.3 Å². The quantitative estimate of drug-likeness (QED) is 0.417. The van der Waals surface area contributed by atoms with Crippen molar-refractivity contribution in [2.24, 2.45) is 0 Å². The van der Waals surface area contributed by atoms with Crippen LogP contribution in [0.4, 0.5) is 11.4 Å². The summed E-state index contributed by atoms with van der Waals surface area (Å²) in [6.07, 6.45) is 0. The molecule has 0 saturated carbocycles. The lowest BCUT2D eigenvalue weighted by molar-refractivity contribution is -0.384. The molecule has 0 aliphatic carbocycles. The number of halogens is 1. The Morgan fingerprint density at radius 1 is 0.853 bits per heavy atom. The number of nitro groups is 1. The molecule has 1 N–H and O–H groups in total. The second kappa shape index (κ2) is 10.4. The highest BCUT2D eigenvalue weighted by molar-refractivity contribution is 6.31. The minimum Gasteiger partial charge on any atom is -0.375 e. The van der Waals surface area contributed by atoms with Gasteiger partial charge in [0.2, 0.25) is 0 Å². The molecule has 3 aromatic rings. The van der Waals surface area contributed by atoms with Gasteiger partial charge in [-0.15, -0.1) is 0 Å². The van der Waals surface area contributed by atoms with Gasteiger partial charge in [-0.1, -0.05) is 48.0 Å². The highest BCUT2D eigenvalue weighted by Gasteiger charge is 2.27. The molecule has 0 aromatic heterocycles. The number of rotatable bonds is 6. The molecule has 0 bridgehead atoms. The molecule has 174 valence electrons. The van der Waals surface area contributed by atoms with Crippen LogP contribution in [0, 0.1) is 10.1 Å². The van der Waals surface area contributed by atoms with Gasteiger partial charge in [0.1, 0.15) is 5.69 Å². The fourth-order valence-corrected chi connectivity index (χ4v) is 4.06. The second-order valence-electron chi connectivity index (χ2n) is 7.88. The number of carbonyl (C=O) groups is 2. The maximum Gasteiger partial charge on any atom is 0.293 e. The summed E-state index contributed by atoms with van der Waals surface area (Å²) in [6, 6.07) is 20.6. The van der Waals surface area contributed by atoms with Gasteiger partial charge in [-0.25, -0.2) is 0 Å². The Morgan fingerprint density at radius 3 is 2.06 bits per heavy atom. The number of nitrogens with zero attached hydrogens (tertiary/aromatic N) is 3. The number of carbonyl (C=O) groups excluding carboxylic acids is 2. The summed E-state index contributed by atoms with van der Waals surface area (Å²) in [5.74, 6) is -0.371. The average molecular weight is 479 g/mol. The van der Waals surface area contributed by atoms with E-state index in [1.807, 2.05) is 36.4 Å². The number of nitrogens with one attached hydrogen (secondary N) is 1. The number of hydrogen-bond donors (Lipinski definition) is 1. The van der Waals surface area contributed by atoms with Crippen molar-refractivity contribution in [3.63, 3.8) is 0 Å². The van der Waals surface area contributed by atoms with Crippen LogP contribution in [-0.2, 0) is 6.54 Å². The average Bonchev–Trinajstić information content (AvgIpc) is 2.88. The molecule has 0 atom stereocenters. The van der Waals surface area contributed by atoms with E-state index < -0.39 is 4.92 Å². The Morgan fingerprint density at radius 2 is 1.44 bits per heavy atom. The Kier molecular flexibility index (Phi) is 7.08. The Balaban J connectivity index is 1.42. The van der Waals surface area contributed by atoms with Crippen LogP contribution in [0.15, 0.2) is 72.8 Å². The molecule has 2 amide bonds. The number of benzene rings is 3. The van der Waals surface area contributed by atoms with Gasteiger partial charge < -0.3 is 15.1 Å². The number of anilines is 1. The smallest absolute Gasteiger partial charge is 0.293 e. The first-order valence-electron chi connectivity index (χ1n) is 10.8. The van der Waals surface area contributed by atoms with E-state index in [9.17, 15) is 19.7 Å². The van der Waals surface area contributed by atoms with Gasteiger partial charge in [-0.3, -0.25) is 19.7 Å². The third-order valence-electron chi connectivity index (χ3n) is 5.74.